The fourth-order valence-corrected chi connectivity index (χ4v) is 2.51. The molecular formula is C18H10Cl2F3N3O3. The number of hydrogen-bond acceptors (Lipinski definition) is 5. The van der Waals surface area contributed by atoms with E-state index in [1.807, 2.05) is 0 Å². The van der Waals surface area contributed by atoms with Gasteiger partial charge in [0.2, 0.25) is 0 Å². The summed E-state index contributed by atoms with van der Waals surface area (Å²) in [5.74, 6) is -0.785. The summed E-state index contributed by atoms with van der Waals surface area (Å²) in [4.78, 5) is 12.6. The molecule has 3 rings (SSSR count). The zero-order chi connectivity index (χ0) is 21.0. The van der Waals surface area contributed by atoms with Gasteiger partial charge in [0, 0.05) is 6.07 Å². The quantitative estimate of drug-likeness (QED) is 0.545. The Kier molecular flexibility index (Phi) is 6.09. The van der Waals surface area contributed by atoms with E-state index < -0.39 is 18.0 Å². The van der Waals surface area contributed by atoms with Crippen LogP contribution in [0.2, 0.25) is 10.0 Å². The Balaban J connectivity index is 1.85. The van der Waals surface area contributed by atoms with Gasteiger partial charge >= 0.3 is 6.36 Å². The molecule has 0 aliphatic heterocycles. The summed E-state index contributed by atoms with van der Waals surface area (Å²) in [7, 11) is 0. The van der Waals surface area contributed by atoms with E-state index in [2.05, 4.69) is 20.3 Å². The molecule has 3 aromatic rings. The van der Waals surface area contributed by atoms with Gasteiger partial charge in [-0.1, -0.05) is 23.2 Å². The van der Waals surface area contributed by atoms with Crippen molar-refractivity contribution in [2.45, 2.75) is 6.36 Å². The summed E-state index contributed by atoms with van der Waals surface area (Å²) >= 11 is 12.0. The van der Waals surface area contributed by atoms with Gasteiger partial charge in [0.25, 0.3) is 5.91 Å². The Morgan fingerprint density at radius 1 is 0.966 bits per heavy atom. The molecule has 0 spiro atoms. The molecule has 0 saturated carbocycles. The van der Waals surface area contributed by atoms with Gasteiger partial charge in [-0.25, -0.2) is 0 Å². The number of carbonyl (C=O) groups is 1. The second-order valence-corrected chi connectivity index (χ2v) is 6.28. The smallest absolute Gasteiger partial charge is 0.456 e. The number of halogens is 5. The number of rotatable bonds is 5. The highest BCUT2D eigenvalue weighted by Gasteiger charge is 2.31. The molecule has 1 aromatic heterocycles. The molecule has 0 fully saturated rings. The summed E-state index contributed by atoms with van der Waals surface area (Å²) < 4.78 is 46.2. The van der Waals surface area contributed by atoms with Crippen LogP contribution in [0.5, 0.6) is 17.2 Å². The van der Waals surface area contributed by atoms with E-state index in [1.165, 1.54) is 42.7 Å². The fourth-order valence-electron chi connectivity index (χ4n) is 2.19. The monoisotopic (exact) mass is 443 g/mol. The van der Waals surface area contributed by atoms with Crippen LogP contribution in [0, 0.1) is 0 Å². The van der Waals surface area contributed by atoms with Crippen LogP contribution in [0.3, 0.4) is 0 Å². The SMILES string of the molecule is O=C(Nc1ccnnc1)c1cc(Cl)c(Cl)cc1Oc1ccc(OC(F)(F)F)cc1. The number of hydrogen-bond donors (Lipinski definition) is 1. The van der Waals surface area contributed by atoms with Crippen LogP contribution in [0.1, 0.15) is 10.4 Å². The van der Waals surface area contributed by atoms with Crippen LogP contribution in [-0.2, 0) is 0 Å². The maximum atomic E-state index is 12.6. The number of aromatic nitrogens is 2. The van der Waals surface area contributed by atoms with Gasteiger partial charge in [0.05, 0.1) is 33.7 Å². The predicted octanol–water partition coefficient (Wildman–Crippen LogP) is 5.73. The summed E-state index contributed by atoms with van der Waals surface area (Å²) in [6, 6.07) is 8.80. The minimum atomic E-state index is -4.81. The first-order valence-corrected chi connectivity index (χ1v) is 8.57. The number of alkyl halides is 3. The normalized spacial score (nSPS) is 11.1. The maximum Gasteiger partial charge on any atom is 0.573 e. The molecule has 0 saturated heterocycles. The molecule has 0 bridgehead atoms. The van der Waals surface area contributed by atoms with E-state index in [0.29, 0.717) is 5.69 Å². The van der Waals surface area contributed by atoms with Crippen molar-refractivity contribution in [2.24, 2.45) is 0 Å². The summed E-state index contributed by atoms with van der Waals surface area (Å²) in [5, 5.41) is 10.1. The molecule has 0 aliphatic rings. The van der Waals surface area contributed by atoms with Crippen molar-refractivity contribution >= 4 is 34.8 Å². The van der Waals surface area contributed by atoms with Gasteiger partial charge in [0.15, 0.2) is 0 Å². The molecule has 150 valence electrons. The Morgan fingerprint density at radius 3 is 2.24 bits per heavy atom. The Morgan fingerprint density at radius 2 is 1.62 bits per heavy atom. The third kappa shape index (κ3) is 5.72. The molecule has 6 nitrogen and oxygen atoms in total. The van der Waals surface area contributed by atoms with Gasteiger partial charge in [-0.05, 0) is 36.4 Å². The first-order valence-electron chi connectivity index (χ1n) is 7.82. The largest absolute Gasteiger partial charge is 0.573 e. The molecule has 1 N–H and O–H groups in total. The molecule has 0 aliphatic carbocycles. The zero-order valence-electron chi connectivity index (χ0n) is 14.2. The second-order valence-electron chi connectivity index (χ2n) is 5.47. The van der Waals surface area contributed by atoms with Crippen molar-refractivity contribution in [1.29, 1.82) is 0 Å². The second kappa shape index (κ2) is 8.54. The van der Waals surface area contributed by atoms with Crippen molar-refractivity contribution in [2.75, 3.05) is 5.32 Å². The lowest BCUT2D eigenvalue weighted by atomic mass is 10.1. The average molecular weight is 444 g/mol. The number of ether oxygens (including phenoxy) is 2. The third-order valence-electron chi connectivity index (χ3n) is 3.39. The van der Waals surface area contributed by atoms with Crippen molar-refractivity contribution in [3.05, 3.63) is 70.5 Å². The zero-order valence-corrected chi connectivity index (χ0v) is 15.7. The molecule has 1 amide bonds. The van der Waals surface area contributed by atoms with E-state index in [0.717, 1.165) is 12.1 Å². The molecule has 0 radical (unpaired) electrons. The van der Waals surface area contributed by atoms with Crippen LogP contribution >= 0.6 is 23.2 Å². The Labute approximate surface area is 172 Å². The van der Waals surface area contributed by atoms with Gasteiger partial charge < -0.3 is 14.8 Å². The highest BCUT2D eigenvalue weighted by molar-refractivity contribution is 6.42. The van der Waals surface area contributed by atoms with Crippen molar-refractivity contribution in [3.63, 3.8) is 0 Å². The van der Waals surface area contributed by atoms with E-state index >= 15 is 0 Å². The number of benzene rings is 2. The van der Waals surface area contributed by atoms with Gasteiger partial charge in [-0.2, -0.15) is 10.2 Å². The molecular weight excluding hydrogens is 434 g/mol. The van der Waals surface area contributed by atoms with Gasteiger partial charge in [-0.3, -0.25) is 4.79 Å². The van der Waals surface area contributed by atoms with Crippen LogP contribution in [0.15, 0.2) is 54.9 Å². The first-order chi connectivity index (χ1) is 13.7. The summed E-state index contributed by atoms with van der Waals surface area (Å²) in [5.41, 5.74) is 0.433. The number of anilines is 1. The number of amides is 1. The number of nitrogens with zero attached hydrogens (tertiary/aromatic N) is 2. The Bertz CT molecular complexity index is 1020. The van der Waals surface area contributed by atoms with Gasteiger partial charge in [0.1, 0.15) is 17.2 Å². The average Bonchev–Trinajstić information content (AvgIpc) is 2.65. The van der Waals surface area contributed by atoms with Crippen LogP contribution in [0.4, 0.5) is 18.9 Å². The Hall–Kier alpha value is -3.04. The minimum Gasteiger partial charge on any atom is -0.456 e. The van der Waals surface area contributed by atoms with Crippen LogP contribution in [-0.4, -0.2) is 22.5 Å². The minimum absolute atomic E-state index is 0.0448. The van der Waals surface area contributed by atoms with Crippen molar-refractivity contribution in [1.82, 2.24) is 10.2 Å². The molecule has 0 atom stereocenters. The van der Waals surface area contributed by atoms with Gasteiger partial charge in [-0.15, -0.1) is 13.2 Å². The summed E-state index contributed by atoms with van der Waals surface area (Å²) in [6.07, 6.45) is -2.07. The van der Waals surface area contributed by atoms with Crippen LogP contribution in [0.25, 0.3) is 0 Å². The van der Waals surface area contributed by atoms with Crippen molar-refractivity contribution < 1.29 is 27.4 Å². The molecule has 1 heterocycles. The lowest BCUT2D eigenvalue weighted by molar-refractivity contribution is -0.274. The van der Waals surface area contributed by atoms with E-state index in [9.17, 15) is 18.0 Å². The van der Waals surface area contributed by atoms with E-state index in [-0.39, 0.29) is 27.1 Å². The van der Waals surface area contributed by atoms with E-state index in [1.54, 1.807) is 0 Å². The maximum absolute atomic E-state index is 12.6. The highest BCUT2D eigenvalue weighted by atomic mass is 35.5. The van der Waals surface area contributed by atoms with E-state index in [4.69, 9.17) is 27.9 Å². The lowest BCUT2D eigenvalue weighted by Crippen LogP contribution is -2.16. The lowest BCUT2D eigenvalue weighted by Gasteiger charge is -2.14. The fraction of sp³-hybridized carbons (Fsp3) is 0.0556. The standard InChI is InChI=1S/C18H10Cl2F3N3O3/c19-14-7-13(17(27)26-10-5-6-24-25-9-10)16(8-15(14)20)28-11-1-3-12(4-2-11)29-18(21,22)23/h1-9H,(H,24,26,27). The molecule has 2 aromatic carbocycles. The topological polar surface area (TPSA) is 73.3 Å². The van der Waals surface area contributed by atoms with Crippen LogP contribution < -0.4 is 14.8 Å². The summed E-state index contributed by atoms with van der Waals surface area (Å²) in [6.45, 7) is 0. The third-order valence-corrected chi connectivity index (χ3v) is 4.12. The highest BCUT2D eigenvalue weighted by Crippen LogP contribution is 2.35. The number of nitrogens with one attached hydrogen (secondary N) is 1. The molecule has 11 heteroatoms. The first kappa shape index (κ1) is 20.7. The molecule has 0 unspecified atom stereocenters. The number of carbonyl (C=O) groups excluding carboxylic acids is 1. The van der Waals surface area contributed by atoms with Crippen molar-refractivity contribution in [3.8, 4) is 17.2 Å². The predicted molar refractivity (Wildman–Crippen MR) is 99.6 cm³/mol. The molecule has 29 heavy (non-hydrogen) atoms.